The van der Waals surface area contributed by atoms with Crippen LogP contribution in [0.1, 0.15) is 17.3 Å². The number of benzene rings is 2. The number of methoxy groups -OCH3 is 1. The molecule has 28 heavy (non-hydrogen) atoms. The first-order chi connectivity index (χ1) is 13.6. The second-order valence-electron chi connectivity index (χ2n) is 6.56. The van der Waals surface area contributed by atoms with Crippen molar-refractivity contribution >= 4 is 23.2 Å². The minimum absolute atomic E-state index is 0.0459. The predicted octanol–water partition coefficient (Wildman–Crippen LogP) is 2.61. The lowest BCUT2D eigenvalue weighted by Gasteiger charge is -2.29. The highest BCUT2D eigenvalue weighted by Crippen LogP contribution is 2.17. The first kappa shape index (κ1) is 19.7. The van der Waals surface area contributed by atoms with E-state index in [0.29, 0.717) is 37.6 Å². The second kappa shape index (κ2) is 9.23. The van der Waals surface area contributed by atoms with Gasteiger partial charge in [0.05, 0.1) is 20.3 Å². The first-order valence-electron chi connectivity index (χ1n) is 9.25. The number of rotatable bonds is 6. The number of morpholine rings is 1. The number of carbonyl (C=O) groups excluding carboxylic acids is 2. The lowest BCUT2D eigenvalue weighted by Crippen LogP contribution is -2.46. The fraction of sp³-hybridized carbons (Fsp3) is 0.333. The molecule has 2 aromatic carbocycles. The number of nitrogens with one attached hydrogen (secondary N) is 2. The Labute approximate surface area is 164 Å². The van der Waals surface area contributed by atoms with E-state index >= 15 is 0 Å². The predicted molar refractivity (Wildman–Crippen MR) is 108 cm³/mol. The van der Waals surface area contributed by atoms with Gasteiger partial charge in [-0.15, -0.1) is 0 Å². The van der Waals surface area contributed by atoms with Crippen LogP contribution in [0.3, 0.4) is 0 Å². The molecule has 148 valence electrons. The van der Waals surface area contributed by atoms with Gasteiger partial charge in [-0.3, -0.25) is 9.59 Å². The zero-order valence-electron chi connectivity index (χ0n) is 16.1. The quantitative estimate of drug-likeness (QED) is 0.802. The molecule has 1 saturated heterocycles. The number of hydrogen-bond acceptors (Lipinski definition) is 5. The number of amides is 2. The summed E-state index contributed by atoms with van der Waals surface area (Å²) in [6, 6.07) is 13.8. The van der Waals surface area contributed by atoms with E-state index in [0.717, 1.165) is 11.4 Å². The van der Waals surface area contributed by atoms with Crippen LogP contribution in [-0.4, -0.2) is 56.2 Å². The van der Waals surface area contributed by atoms with Crippen LogP contribution in [0.2, 0.25) is 0 Å². The lowest BCUT2D eigenvalue weighted by atomic mass is 10.1. The lowest BCUT2D eigenvalue weighted by molar-refractivity contribution is -0.135. The first-order valence-corrected chi connectivity index (χ1v) is 9.25. The maximum absolute atomic E-state index is 12.5. The van der Waals surface area contributed by atoms with Gasteiger partial charge in [-0.05, 0) is 55.5 Å². The minimum Gasteiger partial charge on any atom is -0.497 e. The van der Waals surface area contributed by atoms with Crippen LogP contribution in [0.25, 0.3) is 0 Å². The summed E-state index contributed by atoms with van der Waals surface area (Å²) in [4.78, 5) is 26.6. The highest BCUT2D eigenvalue weighted by atomic mass is 16.5. The molecule has 1 aliphatic rings. The van der Waals surface area contributed by atoms with Crippen molar-refractivity contribution in [3.63, 3.8) is 0 Å². The summed E-state index contributed by atoms with van der Waals surface area (Å²) in [5.74, 6) is 0.577. The Kier molecular flexibility index (Phi) is 6.49. The van der Waals surface area contributed by atoms with Crippen LogP contribution >= 0.6 is 0 Å². The minimum atomic E-state index is -0.350. The van der Waals surface area contributed by atoms with Gasteiger partial charge in [-0.25, -0.2) is 0 Å². The zero-order valence-corrected chi connectivity index (χ0v) is 16.1. The van der Waals surface area contributed by atoms with E-state index in [1.807, 2.05) is 6.92 Å². The van der Waals surface area contributed by atoms with Crippen molar-refractivity contribution in [2.24, 2.45) is 0 Å². The maximum atomic E-state index is 12.5. The van der Waals surface area contributed by atoms with Crippen molar-refractivity contribution in [3.8, 4) is 5.75 Å². The van der Waals surface area contributed by atoms with Gasteiger partial charge >= 0.3 is 0 Å². The van der Waals surface area contributed by atoms with Crippen molar-refractivity contribution in [1.82, 2.24) is 4.90 Å². The molecule has 2 N–H and O–H groups in total. The number of hydrogen-bond donors (Lipinski definition) is 2. The molecule has 0 bridgehead atoms. The molecule has 1 atom stereocenters. The van der Waals surface area contributed by atoms with Crippen molar-refractivity contribution in [2.75, 3.05) is 44.0 Å². The molecule has 7 nitrogen and oxygen atoms in total. The molecule has 0 aliphatic carbocycles. The van der Waals surface area contributed by atoms with Gasteiger partial charge in [0.15, 0.2) is 0 Å². The Morgan fingerprint density at radius 3 is 2.21 bits per heavy atom. The molecule has 2 aromatic rings. The van der Waals surface area contributed by atoms with Crippen LogP contribution in [-0.2, 0) is 9.53 Å². The summed E-state index contributed by atoms with van der Waals surface area (Å²) in [6.45, 7) is 4.24. The van der Waals surface area contributed by atoms with Gasteiger partial charge in [-0.2, -0.15) is 0 Å². The summed E-state index contributed by atoms with van der Waals surface area (Å²) in [6.07, 6.45) is 0. The van der Waals surface area contributed by atoms with Crippen LogP contribution in [0.15, 0.2) is 48.5 Å². The van der Waals surface area contributed by atoms with Crippen molar-refractivity contribution < 1.29 is 19.1 Å². The Bertz CT molecular complexity index is 799. The second-order valence-corrected chi connectivity index (χ2v) is 6.56. The molecular formula is C21H25N3O4. The Morgan fingerprint density at radius 2 is 1.61 bits per heavy atom. The van der Waals surface area contributed by atoms with Crippen LogP contribution in [0.4, 0.5) is 11.4 Å². The highest BCUT2D eigenvalue weighted by molar-refractivity contribution is 6.04. The summed E-state index contributed by atoms with van der Waals surface area (Å²) in [5, 5.41) is 6.03. The molecule has 1 heterocycles. The van der Waals surface area contributed by atoms with E-state index in [9.17, 15) is 9.59 Å². The Morgan fingerprint density at radius 1 is 1.00 bits per heavy atom. The number of nitrogens with zero attached hydrogens (tertiary/aromatic N) is 1. The molecule has 0 aromatic heterocycles. The van der Waals surface area contributed by atoms with Crippen LogP contribution < -0.4 is 15.4 Å². The normalized spacial score (nSPS) is 14.9. The van der Waals surface area contributed by atoms with E-state index in [-0.39, 0.29) is 17.9 Å². The van der Waals surface area contributed by atoms with Gasteiger partial charge in [-0.1, -0.05) is 0 Å². The summed E-state index contributed by atoms with van der Waals surface area (Å²) in [5.41, 5.74) is 2.02. The topological polar surface area (TPSA) is 79.9 Å². The zero-order chi connectivity index (χ0) is 19.9. The monoisotopic (exact) mass is 383 g/mol. The van der Waals surface area contributed by atoms with Gasteiger partial charge < -0.3 is 25.0 Å². The van der Waals surface area contributed by atoms with E-state index in [4.69, 9.17) is 9.47 Å². The third kappa shape index (κ3) is 5.01. The average molecular weight is 383 g/mol. The third-order valence-corrected chi connectivity index (χ3v) is 4.57. The molecule has 0 unspecified atom stereocenters. The molecular weight excluding hydrogens is 358 g/mol. The van der Waals surface area contributed by atoms with Gasteiger partial charge in [0.2, 0.25) is 5.91 Å². The molecule has 0 spiro atoms. The fourth-order valence-electron chi connectivity index (χ4n) is 2.96. The Hall–Kier alpha value is -3.06. The highest BCUT2D eigenvalue weighted by Gasteiger charge is 2.22. The van der Waals surface area contributed by atoms with Crippen LogP contribution in [0, 0.1) is 0 Å². The molecule has 1 fully saturated rings. The largest absolute Gasteiger partial charge is 0.497 e. The van der Waals surface area contributed by atoms with Crippen LogP contribution in [0.5, 0.6) is 5.75 Å². The summed E-state index contributed by atoms with van der Waals surface area (Å²) >= 11 is 0. The molecule has 0 saturated carbocycles. The Balaban J connectivity index is 1.56. The molecule has 0 radical (unpaired) electrons. The number of carbonyl (C=O) groups is 2. The SMILES string of the molecule is COc1ccc(NC(=O)c2ccc(N[C@H](C)C(=O)N3CCOCC3)cc2)cc1. The molecule has 3 rings (SSSR count). The van der Waals surface area contributed by atoms with Gasteiger partial charge in [0.25, 0.3) is 5.91 Å². The fourth-order valence-corrected chi connectivity index (χ4v) is 2.96. The van der Waals surface area contributed by atoms with Gasteiger partial charge in [0, 0.05) is 30.0 Å². The van der Waals surface area contributed by atoms with Crippen molar-refractivity contribution in [2.45, 2.75) is 13.0 Å². The number of anilines is 2. The van der Waals surface area contributed by atoms with Crippen molar-refractivity contribution in [1.29, 1.82) is 0 Å². The number of ether oxygens (including phenoxy) is 2. The summed E-state index contributed by atoms with van der Waals surface area (Å²) in [7, 11) is 1.60. The van der Waals surface area contributed by atoms with E-state index in [1.165, 1.54) is 0 Å². The van der Waals surface area contributed by atoms with E-state index in [1.54, 1.807) is 60.5 Å². The molecule has 2 amide bonds. The molecule has 7 heteroatoms. The summed E-state index contributed by atoms with van der Waals surface area (Å²) < 4.78 is 10.4. The third-order valence-electron chi connectivity index (χ3n) is 4.57. The maximum Gasteiger partial charge on any atom is 0.255 e. The van der Waals surface area contributed by atoms with Gasteiger partial charge in [0.1, 0.15) is 11.8 Å². The van der Waals surface area contributed by atoms with Crippen molar-refractivity contribution in [3.05, 3.63) is 54.1 Å². The smallest absolute Gasteiger partial charge is 0.255 e. The standard InChI is InChI=1S/C21H25N3O4/c1-15(21(26)24-11-13-28-14-12-24)22-17-5-3-16(4-6-17)20(25)23-18-7-9-19(27-2)10-8-18/h3-10,15,22H,11-14H2,1-2H3,(H,23,25)/t15-/m1/s1. The van der Waals surface area contributed by atoms with E-state index in [2.05, 4.69) is 10.6 Å². The molecule has 1 aliphatic heterocycles. The van der Waals surface area contributed by atoms with E-state index < -0.39 is 0 Å². The average Bonchev–Trinajstić information content (AvgIpc) is 2.74.